The molecular weight excluding hydrogens is 408 g/mol. The van der Waals surface area contributed by atoms with Gasteiger partial charge < -0.3 is 0 Å². The van der Waals surface area contributed by atoms with E-state index < -0.39 is 0 Å². The minimum absolute atomic E-state index is 0.0819. The first-order valence-electron chi connectivity index (χ1n) is 10.5. The number of aryl methyl sites for hydroxylation is 2. The Morgan fingerprint density at radius 2 is 1.81 bits per heavy atom. The van der Waals surface area contributed by atoms with Gasteiger partial charge in [0, 0.05) is 28.8 Å². The van der Waals surface area contributed by atoms with Crippen LogP contribution in [0.2, 0.25) is 0 Å². The van der Waals surface area contributed by atoms with Gasteiger partial charge in [-0.05, 0) is 74.8 Å². The largest absolute Gasteiger partial charge is 0.269 e. The van der Waals surface area contributed by atoms with Crippen LogP contribution in [0.3, 0.4) is 0 Å². The fraction of sp³-hybridized carbons (Fsp3) is 0.333. The minimum atomic E-state index is -0.379. The molecule has 1 aliphatic rings. The van der Waals surface area contributed by atoms with Crippen molar-refractivity contribution < 1.29 is 4.92 Å². The second kappa shape index (κ2) is 8.98. The van der Waals surface area contributed by atoms with Gasteiger partial charge in [0.2, 0.25) is 4.80 Å². The molecular formula is C24H26N4O2S. The maximum absolute atomic E-state index is 11.0. The lowest BCUT2D eigenvalue weighted by atomic mass is 9.90. The maximum atomic E-state index is 11.0. The second-order valence-corrected chi connectivity index (χ2v) is 9.11. The molecule has 0 bridgehead atoms. The molecule has 0 radical (unpaired) electrons. The molecule has 0 saturated heterocycles. The zero-order valence-electron chi connectivity index (χ0n) is 18.0. The number of nitrogens with zero attached hydrogens (tertiary/aromatic N) is 4. The van der Waals surface area contributed by atoms with Gasteiger partial charge in [-0.15, -0.1) is 11.3 Å². The number of nitro groups is 1. The summed E-state index contributed by atoms with van der Waals surface area (Å²) >= 11 is 1.54. The maximum Gasteiger partial charge on any atom is 0.269 e. The highest BCUT2D eigenvalue weighted by molar-refractivity contribution is 7.07. The monoisotopic (exact) mass is 434 g/mol. The lowest BCUT2D eigenvalue weighted by Crippen LogP contribution is -2.18. The van der Waals surface area contributed by atoms with Gasteiger partial charge in [-0.1, -0.05) is 19.1 Å². The lowest BCUT2D eigenvalue weighted by molar-refractivity contribution is -0.384. The van der Waals surface area contributed by atoms with Gasteiger partial charge in [0.25, 0.3) is 5.69 Å². The van der Waals surface area contributed by atoms with Crippen LogP contribution in [0.15, 0.2) is 57.9 Å². The summed E-state index contributed by atoms with van der Waals surface area (Å²) in [7, 11) is 0. The first-order chi connectivity index (χ1) is 14.9. The van der Waals surface area contributed by atoms with Crippen molar-refractivity contribution in [3.8, 4) is 11.3 Å². The Balaban J connectivity index is 1.84. The molecule has 2 aromatic carbocycles. The van der Waals surface area contributed by atoms with Gasteiger partial charge in [-0.25, -0.2) is 9.67 Å². The average Bonchev–Trinajstić information content (AvgIpc) is 3.14. The van der Waals surface area contributed by atoms with Crippen molar-refractivity contribution in [1.82, 2.24) is 4.68 Å². The predicted molar refractivity (Wildman–Crippen MR) is 126 cm³/mol. The highest BCUT2D eigenvalue weighted by Crippen LogP contribution is 2.26. The van der Waals surface area contributed by atoms with Gasteiger partial charge in [0.05, 0.1) is 16.3 Å². The summed E-state index contributed by atoms with van der Waals surface area (Å²) in [5.41, 5.74) is 6.26. The second-order valence-electron chi connectivity index (χ2n) is 8.27. The summed E-state index contributed by atoms with van der Waals surface area (Å²) in [6.45, 7) is 6.41. The first-order valence-corrected chi connectivity index (χ1v) is 11.4. The number of non-ortho nitro benzene ring substituents is 1. The molecule has 1 fully saturated rings. The van der Waals surface area contributed by atoms with Gasteiger partial charge in [-0.3, -0.25) is 10.1 Å². The summed E-state index contributed by atoms with van der Waals surface area (Å²) < 4.78 is 1.92. The Hall–Kier alpha value is -3.06. The van der Waals surface area contributed by atoms with Gasteiger partial charge in [0.15, 0.2) is 0 Å². The van der Waals surface area contributed by atoms with Crippen LogP contribution in [0.25, 0.3) is 11.3 Å². The highest BCUT2D eigenvalue weighted by Gasteiger charge is 2.16. The van der Waals surface area contributed by atoms with E-state index in [1.165, 1.54) is 29.2 Å². The molecule has 0 N–H and O–H groups in total. The number of hydrogen-bond donors (Lipinski definition) is 0. The number of aromatic nitrogens is 1. The van der Waals surface area contributed by atoms with Gasteiger partial charge in [0.1, 0.15) is 0 Å². The topological polar surface area (TPSA) is 72.8 Å². The molecule has 1 aliphatic carbocycles. The first kappa shape index (κ1) is 21.2. The van der Waals surface area contributed by atoms with Crippen molar-refractivity contribution in [2.24, 2.45) is 16.0 Å². The predicted octanol–water partition coefficient (Wildman–Crippen LogP) is 6.39. The molecule has 160 valence electrons. The van der Waals surface area contributed by atoms with E-state index in [1.54, 1.807) is 12.1 Å². The van der Waals surface area contributed by atoms with Crippen molar-refractivity contribution in [3.63, 3.8) is 0 Å². The number of thiazole rings is 1. The van der Waals surface area contributed by atoms with Crippen LogP contribution in [0.4, 0.5) is 11.4 Å². The molecule has 3 aromatic rings. The third kappa shape index (κ3) is 4.82. The van der Waals surface area contributed by atoms with E-state index in [0.29, 0.717) is 0 Å². The molecule has 0 amide bonds. The lowest BCUT2D eigenvalue weighted by Gasteiger charge is -2.19. The third-order valence-corrected chi connectivity index (χ3v) is 6.55. The average molecular weight is 435 g/mol. The molecule has 4 rings (SSSR count). The van der Waals surface area contributed by atoms with Crippen LogP contribution in [-0.4, -0.2) is 15.3 Å². The number of hydrogen-bond acceptors (Lipinski definition) is 5. The molecule has 1 saturated carbocycles. The summed E-state index contributed by atoms with van der Waals surface area (Å²) in [4.78, 5) is 16.4. The zero-order valence-corrected chi connectivity index (χ0v) is 18.9. The number of rotatable bonds is 4. The fourth-order valence-electron chi connectivity index (χ4n) is 3.71. The zero-order chi connectivity index (χ0) is 22.0. The summed E-state index contributed by atoms with van der Waals surface area (Å²) in [5.74, 6) is 0.736. The summed E-state index contributed by atoms with van der Waals surface area (Å²) in [6, 6.07) is 12.9. The molecule has 1 heterocycles. The van der Waals surface area contributed by atoms with E-state index >= 15 is 0 Å². The molecule has 0 unspecified atom stereocenters. The molecule has 6 nitrogen and oxygen atoms in total. The fourth-order valence-corrected chi connectivity index (χ4v) is 4.55. The van der Waals surface area contributed by atoms with Gasteiger partial charge in [-0.2, -0.15) is 5.10 Å². The van der Waals surface area contributed by atoms with Gasteiger partial charge >= 0.3 is 0 Å². The molecule has 1 aromatic heterocycles. The van der Waals surface area contributed by atoms with E-state index in [9.17, 15) is 10.1 Å². The SMILES string of the molecule is Cc1ccc(C)c(N=c2scc(-c3ccc([N+](=O)[O-])cc3)n2N=C2CCC(C)CC2)c1. The van der Waals surface area contributed by atoms with Crippen molar-refractivity contribution >= 4 is 28.4 Å². The van der Waals surface area contributed by atoms with E-state index in [4.69, 9.17) is 10.1 Å². The van der Waals surface area contributed by atoms with Crippen molar-refractivity contribution in [2.75, 3.05) is 0 Å². The Bertz CT molecular complexity index is 1200. The Morgan fingerprint density at radius 3 is 2.48 bits per heavy atom. The van der Waals surface area contributed by atoms with Crippen LogP contribution in [0.1, 0.15) is 43.7 Å². The van der Waals surface area contributed by atoms with Crippen LogP contribution in [-0.2, 0) is 0 Å². The molecule has 0 aliphatic heterocycles. The van der Waals surface area contributed by atoms with Crippen molar-refractivity contribution in [3.05, 3.63) is 73.9 Å². The summed E-state index contributed by atoms with van der Waals surface area (Å²) in [5, 5.41) is 18.1. The standard InChI is InChI=1S/C24H26N4O2S/c1-16-5-10-20(11-6-16)26-27-23(19-8-12-21(13-9-19)28(29)30)15-31-24(27)25-22-14-17(2)4-7-18(22)3/h4,7-9,12-16H,5-6,10-11H2,1-3H3. The van der Waals surface area contributed by atoms with Crippen molar-refractivity contribution in [1.29, 1.82) is 0 Å². The molecule has 0 atom stereocenters. The Kier molecular flexibility index (Phi) is 6.13. The van der Waals surface area contributed by atoms with E-state index in [2.05, 4.69) is 39.0 Å². The molecule has 0 spiro atoms. The van der Waals surface area contributed by atoms with E-state index in [-0.39, 0.29) is 10.6 Å². The minimum Gasteiger partial charge on any atom is -0.258 e. The number of benzene rings is 2. The number of nitro benzene ring substituents is 1. The molecule has 31 heavy (non-hydrogen) atoms. The smallest absolute Gasteiger partial charge is 0.258 e. The quantitative estimate of drug-likeness (QED) is 0.352. The normalized spacial score (nSPS) is 17.1. The van der Waals surface area contributed by atoms with E-state index in [0.717, 1.165) is 64.5 Å². The molecule has 7 heteroatoms. The highest BCUT2D eigenvalue weighted by atomic mass is 32.1. The van der Waals surface area contributed by atoms with Crippen LogP contribution in [0.5, 0.6) is 0 Å². The van der Waals surface area contributed by atoms with Crippen LogP contribution in [0, 0.1) is 29.9 Å². The van der Waals surface area contributed by atoms with Crippen molar-refractivity contribution in [2.45, 2.75) is 46.5 Å². The van der Waals surface area contributed by atoms with Crippen LogP contribution >= 0.6 is 11.3 Å². The third-order valence-electron chi connectivity index (χ3n) is 5.73. The summed E-state index contributed by atoms with van der Waals surface area (Å²) in [6.07, 6.45) is 4.29. The van der Waals surface area contributed by atoms with Crippen LogP contribution < -0.4 is 4.80 Å². The Morgan fingerprint density at radius 1 is 1.10 bits per heavy atom. The van der Waals surface area contributed by atoms with E-state index in [1.807, 2.05) is 10.1 Å². The Labute approximate surface area is 185 Å².